The van der Waals surface area contributed by atoms with Crippen molar-refractivity contribution in [2.45, 2.75) is 12.0 Å². The lowest BCUT2D eigenvalue weighted by atomic mass is 9.83. The summed E-state index contributed by atoms with van der Waals surface area (Å²) in [4.78, 5) is 12.6. The van der Waals surface area contributed by atoms with E-state index in [-0.39, 0.29) is 30.6 Å². The minimum atomic E-state index is -0.325. The first-order valence-corrected chi connectivity index (χ1v) is 8.56. The number of hydrogen-bond acceptors (Lipinski definition) is 6. The zero-order valence-electron chi connectivity index (χ0n) is 14.7. The fourth-order valence-corrected chi connectivity index (χ4v) is 3.78. The summed E-state index contributed by atoms with van der Waals surface area (Å²) in [6.07, 6.45) is 0. The van der Waals surface area contributed by atoms with Crippen LogP contribution in [0.15, 0.2) is 42.5 Å². The molecule has 2 aliphatic heterocycles. The zero-order chi connectivity index (χ0) is 18.1. The second-order valence-corrected chi connectivity index (χ2v) is 6.43. The van der Waals surface area contributed by atoms with Gasteiger partial charge in [-0.2, -0.15) is 0 Å². The van der Waals surface area contributed by atoms with Gasteiger partial charge in [0, 0.05) is 18.5 Å². The van der Waals surface area contributed by atoms with Gasteiger partial charge in [0.25, 0.3) is 0 Å². The average molecular weight is 355 g/mol. The maximum atomic E-state index is 12.6. The van der Waals surface area contributed by atoms with Gasteiger partial charge in [0.15, 0.2) is 11.5 Å². The van der Waals surface area contributed by atoms with Crippen molar-refractivity contribution in [3.8, 4) is 17.2 Å². The molecule has 0 bridgehead atoms. The third kappa shape index (κ3) is 2.86. The van der Waals surface area contributed by atoms with Crippen molar-refractivity contribution in [3.63, 3.8) is 0 Å². The Morgan fingerprint density at radius 1 is 1.04 bits per heavy atom. The van der Waals surface area contributed by atoms with Gasteiger partial charge >= 0.3 is 5.97 Å². The fourth-order valence-electron chi connectivity index (χ4n) is 3.78. The van der Waals surface area contributed by atoms with Crippen LogP contribution in [-0.2, 0) is 9.53 Å². The summed E-state index contributed by atoms with van der Waals surface area (Å²) < 4.78 is 21.2. The molecule has 0 saturated carbocycles. The first-order valence-electron chi connectivity index (χ1n) is 8.56. The topological polar surface area (TPSA) is 66.0 Å². The molecule has 6 heteroatoms. The highest BCUT2D eigenvalue weighted by Crippen LogP contribution is 2.43. The molecule has 0 spiro atoms. The van der Waals surface area contributed by atoms with Gasteiger partial charge in [-0.15, -0.1) is 0 Å². The number of rotatable bonds is 4. The minimum absolute atomic E-state index is 0.0101. The van der Waals surface area contributed by atoms with Gasteiger partial charge in [0.2, 0.25) is 6.79 Å². The molecule has 2 heterocycles. The number of hydrogen-bond donors (Lipinski definition) is 1. The largest absolute Gasteiger partial charge is 0.497 e. The molecule has 1 saturated heterocycles. The third-order valence-electron chi connectivity index (χ3n) is 5.12. The molecule has 0 radical (unpaired) electrons. The van der Waals surface area contributed by atoms with Crippen LogP contribution in [0.5, 0.6) is 17.2 Å². The molecule has 3 atom stereocenters. The van der Waals surface area contributed by atoms with Crippen molar-refractivity contribution in [2.75, 3.05) is 27.6 Å². The van der Waals surface area contributed by atoms with E-state index >= 15 is 0 Å². The summed E-state index contributed by atoms with van der Waals surface area (Å²) in [5.41, 5.74) is 2.07. The predicted octanol–water partition coefficient (Wildman–Crippen LogP) is 2.64. The summed E-state index contributed by atoms with van der Waals surface area (Å²) >= 11 is 0. The SMILES string of the molecule is COC(=O)[C@@H]1[C@@H](c2ccc3c(c2)OCO3)CN[C@H]1c1ccc(OC)cc1. The molecule has 0 aliphatic carbocycles. The van der Waals surface area contributed by atoms with Gasteiger partial charge in [-0.05, 0) is 35.4 Å². The van der Waals surface area contributed by atoms with Crippen molar-refractivity contribution in [2.24, 2.45) is 5.92 Å². The molecule has 136 valence electrons. The van der Waals surface area contributed by atoms with E-state index in [2.05, 4.69) is 5.32 Å². The number of nitrogens with one attached hydrogen (secondary N) is 1. The van der Waals surface area contributed by atoms with E-state index in [1.54, 1.807) is 7.11 Å². The number of carbonyl (C=O) groups excluding carboxylic acids is 1. The van der Waals surface area contributed by atoms with Crippen LogP contribution < -0.4 is 19.5 Å². The van der Waals surface area contributed by atoms with E-state index in [1.807, 2.05) is 42.5 Å². The Balaban J connectivity index is 1.66. The quantitative estimate of drug-likeness (QED) is 0.851. The molecule has 0 amide bonds. The van der Waals surface area contributed by atoms with Crippen LogP contribution in [0.4, 0.5) is 0 Å². The van der Waals surface area contributed by atoms with E-state index in [0.29, 0.717) is 6.54 Å². The van der Waals surface area contributed by atoms with E-state index < -0.39 is 0 Å². The van der Waals surface area contributed by atoms with Crippen molar-refractivity contribution in [1.82, 2.24) is 5.32 Å². The summed E-state index contributed by atoms with van der Waals surface area (Å²) in [5.74, 6) is 1.69. The van der Waals surface area contributed by atoms with Crippen molar-refractivity contribution >= 4 is 5.97 Å². The Morgan fingerprint density at radius 3 is 2.50 bits per heavy atom. The van der Waals surface area contributed by atoms with Crippen LogP contribution in [0.2, 0.25) is 0 Å². The van der Waals surface area contributed by atoms with E-state index in [9.17, 15) is 4.79 Å². The Kier molecular flexibility index (Phi) is 4.42. The number of ether oxygens (including phenoxy) is 4. The van der Waals surface area contributed by atoms with Crippen LogP contribution in [0.1, 0.15) is 23.1 Å². The number of fused-ring (bicyclic) bond motifs is 1. The van der Waals surface area contributed by atoms with Gasteiger partial charge in [0.05, 0.1) is 20.1 Å². The lowest BCUT2D eigenvalue weighted by Crippen LogP contribution is -2.26. The van der Waals surface area contributed by atoms with Gasteiger partial charge in [-0.3, -0.25) is 4.79 Å². The van der Waals surface area contributed by atoms with Crippen LogP contribution in [0, 0.1) is 5.92 Å². The normalized spacial score (nSPS) is 23.7. The predicted molar refractivity (Wildman–Crippen MR) is 94.5 cm³/mol. The van der Waals surface area contributed by atoms with Crippen LogP contribution >= 0.6 is 0 Å². The Labute approximate surface area is 152 Å². The van der Waals surface area contributed by atoms with Crippen LogP contribution in [0.3, 0.4) is 0 Å². The first kappa shape index (κ1) is 16.7. The molecule has 6 nitrogen and oxygen atoms in total. The maximum Gasteiger partial charge on any atom is 0.311 e. The summed E-state index contributed by atoms with van der Waals surface area (Å²) in [6.45, 7) is 0.909. The summed E-state index contributed by atoms with van der Waals surface area (Å²) in [7, 11) is 3.07. The average Bonchev–Trinajstić information content (AvgIpc) is 3.33. The molecule has 2 aromatic rings. The third-order valence-corrected chi connectivity index (χ3v) is 5.12. The monoisotopic (exact) mass is 355 g/mol. The number of carbonyl (C=O) groups is 1. The second kappa shape index (κ2) is 6.88. The smallest absolute Gasteiger partial charge is 0.311 e. The first-order chi connectivity index (χ1) is 12.7. The van der Waals surface area contributed by atoms with E-state index in [4.69, 9.17) is 18.9 Å². The van der Waals surface area contributed by atoms with Crippen molar-refractivity contribution in [1.29, 1.82) is 0 Å². The molecule has 2 aromatic carbocycles. The molecule has 2 aliphatic rings. The molecule has 0 unspecified atom stereocenters. The van der Waals surface area contributed by atoms with Gasteiger partial charge in [-0.25, -0.2) is 0 Å². The zero-order valence-corrected chi connectivity index (χ0v) is 14.7. The number of methoxy groups -OCH3 is 2. The summed E-state index contributed by atoms with van der Waals surface area (Å²) in [5, 5.41) is 3.48. The molecule has 1 N–H and O–H groups in total. The molecule has 0 aromatic heterocycles. The van der Waals surface area contributed by atoms with Gasteiger partial charge in [-0.1, -0.05) is 18.2 Å². The molecular formula is C20H21NO5. The molecule has 26 heavy (non-hydrogen) atoms. The maximum absolute atomic E-state index is 12.6. The highest BCUT2D eigenvalue weighted by atomic mass is 16.7. The van der Waals surface area contributed by atoms with Crippen LogP contribution in [0.25, 0.3) is 0 Å². The Hall–Kier alpha value is -2.73. The molecule has 1 fully saturated rings. The standard InChI is InChI=1S/C20H21NO5/c1-23-14-6-3-12(4-7-14)19-18(20(22)24-2)15(10-21-19)13-5-8-16-17(9-13)26-11-25-16/h3-9,15,18-19,21H,10-11H2,1-2H3/t15-,18-,19+/m1/s1. The highest BCUT2D eigenvalue weighted by molar-refractivity contribution is 5.75. The van der Waals surface area contributed by atoms with Gasteiger partial charge in [0.1, 0.15) is 5.75 Å². The minimum Gasteiger partial charge on any atom is -0.497 e. The van der Waals surface area contributed by atoms with Gasteiger partial charge < -0.3 is 24.3 Å². The van der Waals surface area contributed by atoms with E-state index in [0.717, 1.165) is 28.4 Å². The Morgan fingerprint density at radius 2 is 1.77 bits per heavy atom. The Bertz CT molecular complexity index is 804. The molecular weight excluding hydrogens is 334 g/mol. The number of esters is 1. The highest BCUT2D eigenvalue weighted by Gasteiger charge is 2.43. The lowest BCUT2D eigenvalue weighted by Gasteiger charge is -2.22. The lowest BCUT2D eigenvalue weighted by molar-refractivity contribution is -0.146. The molecule has 4 rings (SSSR count). The van der Waals surface area contributed by atoms with E-state index in [1.165, 1.54) is 7.11 Å². The van der Waals surface area contributed by atoms with Crippen molar-refractivity contribution < 1.29 is 23.7 Å². The van der Waals surface area contributed by atoms with Crippen LogP contribution in [-0.4, -0.2) is 33.5 Å². The second-order valence-electron chi connectivity index (χ2n) is 6.43. The van der Waals surface area contributed by atoms with Crippen molar-refractivity contribution in [3.05, 3.63) is 53.6 Å². The fraction of sp³-hybridized carbons (Fsp3) is 0.350. The summed E-state index contributed by atoms with van der Waals surface area (Å²) in [6, 6.07) is 13.5. The number of benzene rings is 2.